The second-order valence-electron chi connectivity index (χ2n) is 7.59. The highest BCUT2D eigenvalue weighted by atomic mass is 127. The normalized spacial score (nSPS) is 19.0. The van der Waals surface area contributed by atoms with Crippen molar-refractivity contribution in [2.75, 3.05) is 6.61 Å². The summed E-state index contributed by atoms with van der Waals surface area (Å²) in [7, 11) is -0.312. The van der Waals surface area contributed by atoms with Crippen molar-refractivity contribution >= 4 is 35.2 Å². The first kappa shape index (κ1) is 20.2. The third-order valence-corrected chi connectivity index (χ3v) is 5.54. The van der Waals surface area contributed by atoms with Gasteiger partial charge < -0.3 is 14.0 Å². The first-order valence-electron chi connectivity index (χ1n) is 8.98. The molecular formula is C19H30BIO3. The molecule has 5 heteroatoms. The number of hydrogen-bond acceptors (Lipinski definition) is 3. The van der Waals surface area contributed by atoms with Crippen molar-refractivity contribution in [1.29, 1.82) is 0 Å². The van der Waals surface area contributed by atoms with Crippen molar-refractivity contribution in [3.8, 4) is 0 Å². The van der Waals surface area contributed by atoms with E-state index >= 15 is 0 Å². The summed E-state index contributed by atoms with van der Waals surface area (Å²) >= 11 is 2.35. The number of rotatable bonds is 8. The fourth-order valence-corrected chi connectivity index (χ4v) is 3.45. The number of hydrogen-bond donors (Lipinski definition) is 0. The van der Waals surface area contributed by atoms with Crippen LogP contribution >= 0.6 is 22.6 Å². The zero-order valence-electron chi connectivity index (χ0n) is 15.7. The van der Waals surface area contributed by atoms with E-state index in [0.717, 1.165) is 18.5 Å². The highest BCUT2D eigenvalue weighted by molar-refractivity contribution is 14.1. The number of ether oxygens (including phenoxy) is 1. The number of halogens is 1. The van der Waals surface area contributed by atoms with Gasteiger partial charge in [-0.1, -0.05) is 32.3 Å². The third-order valence-electron chi connectivity index (χ3n) is 4.92. The molecule has 1 fully saturated rings. The van der Waals surface area contributed by atoms with Crippen LogP contribution in [-0.2, 0) is 20.7 Å². The Morgan fingerprint density at radius 2 is 1.67 bits per heavy atom. The Kier molecular flexibility index (Phi) is 7.17. The fourth-order valence-electron chi connectivity index (χ4n) is 2.69. The molecule has 0 radical (unpaired) electrons. The van der Waals surface area contributed by atoms with Crippen LogP contribution in [0.15, 0.2) is 18.2 Å². The van der Waals surface area contributed by atoms with Gasteiger partial charge >= 0.3 is 7.12 Å². The molecule has 2 rings (SSSR count). The molecule has 0 spiro atoms. The lowest BCUT2D eigenvalue weighted by Gasteiger charge is -2.32. The highest BCUT2D eigenvalue weighted by Gasteiger charge is 2.51. The smallest absolute Gasteiger partial charge is 0.399 e. The standard InChI is InChI=1S/C19H30BIO3/c1-6-7-8-9-10-22-14-15-11-16(13-17(21)12-15)20-23-18(2,3)19(4,5)24-20/h11-13H,6-10,14H2,1-5H3. The molecule has 0 atom stereocenters. The van der Waals surface area contributed by atoms with E-state index in [-0.39, 0.29) is 18.3 Å². The molecule has 0 aromatic heterocycles. The molecule has 134 valence electrons. The second kappa shape index (κ2) is 8.52. The zero-order chi connectivity index (χ0) is 17.8. The minimum absolute atomic E-state index is 0.311. The van der Waals surface area contributed by atoms with Crippen molar-refractivity contribution in [1.82, 2.24) is 0 Å². The third kappa shape index (κ3) is 5.20. The molecule has 0 amide bonds. The van der Waals surface area contributed by atoms with Crippen molar-refractivity contribution < 1.29 is 14.0 Å². The number of benzene rings is 1. The Bertz CT molecular complexity index is 529. The summed E-state index contributed by atoms with van der Waals surface area (Å²) in [6.07, 6.45) is 4.94. The largest absolute Gasteiger partial charge is 0.494 e. The van der Waals surface area contributed by atoms with Crippen LogP contribution in [0.4, 0.5) is 0 Å². The monoisotopic (exact) mass is 444 g/mol. The molecule has 0 bridgehead atoms. The highest BCUT2D eigenvalue weighted by Crippen LogP contribution is 2.36. The van der Waals surface area contributed by atoms with E-state index in [9.17, 15) is 0 Å². The van der Waals surface area contributed by atoms with Gasteiger partial charge in [0, 0.05) is 10.2 Å². The van der Waals surface area contributed by atoms with Crippen LogP contribution < -0.4 is 5.46 Å². The topological polar surface area (TPSA) is 27.7 Å². The summed E-state index contributed by atoms with van der Waals surface area (Å²) in [6, 6.07) is 6.45. The van der Waals surface area contributed by atoms with E-state index in [1.54, 1.807) is 0 Å². The van der Waals surface area contributed by atoms with Gasteiger partial charge in [-0.15, -0.1) is 0 Å². The molecule has 1 heterocycles. The maximum Gasteiger partial charge on any atom is 0.494 e. The predicted octanol–water partition coefficient (Wildman–Crippen LogP) is 4.69. The first-order valence-corrected chi connectivity index (χ1v) is 10.1. The minimum Gasteiger partial charge on any atom is -0.399 e. The van der Waals surface area contributed by atoms with Gasteiger partial charge in [-0.05, 0) is 79.9 Å². The summed E-state index contributed by atoms with van der Waals surface area (Å²) in [6.45, 7) is 12.0. The summed E-state index contributed by atoms with van der Waals surface area (Å²) in [5.41, 5.74) is 1.64. The Labute approximate surface area is 161 Å². The summed E-state index contributed by atoms with van der Waals surface area (Å²) < 4.78 is 19.3. The van der Waals surface area contributed by atoms with Crippen molar-refractivity contribution in [2.45, 2.75) is 78.1 Å². The second-order valence-corrected chi connectivity index (χ2v) is 8.84. The quantitative estimate of drug-likeness (QED) is 0.331. The molecule has 1 aromatic carbocycles. The summed E-state index contributed by atoms with van der Waals surface area (Å²) in [5, 5.41) is 0. The van der Waals surface area contributed by atoms with Gasteiger partial charge in [0.2, 0.25) is 0 Å². The molecule has 1 aliphatic rings. The van der Waals surface area contributed by atoms with E-state index in [1.807, 2.05) is 0 Å². The Balaban J connectivity index is 1.97. The van der Waals surface area contributed by atoms with Gasteiger partial charge in [-0.3, -0.25) is 0 Å². The molecule has 1 saturated heterocycles. The number of unbranched alkanes of at least 4 members (excludes halogenated alkanes) is 3. The zero-order valence-corrected chi connectivity index (χ0v) is 17.8. The Morgan fingerprint density at radius 3 is 2.29 bits per heavy atom. The average molecular weight is 444 g/mol. The lowest BCUT2D eigenvalue weighted by atomic mass is 9.78. The Morgan fingerprint density at radius 1 is 1.00 bits per heavy atom. The molecule has 0 saturated carbocycles. The van der Waals surface area contributed by atoms with Crippen LogP contribution in [0.25, 0.3) is 0 Å². The molecule has 1 aliphatic heterocycles. The predicted molar refractivity (Wildman–Crippen MR) is 109 cm³/mol. The van der Waals surface area contributed by atoms with Crippen molar-refractivity contribution in [3.05, 3.63) is 27.3 Å². The molecule has 24 heavy (non-hydrogen) atoms. The molecule has 3 nitrogen and oxygen atoms in total. The summed E-state index contributed by atoms with van der Waals surface area (Å²) in [5.74, 6) is 0. The van der Waals surface area contributed by atoms with E-state index < -0.39 is 0 Å². The van der Waals surface area contributed by atoms with Gasteiger partial charge in [-0.25, -0.2) is 0 Å². The SMILES string of the molecule is CCCCCCOCc1cc(I)cc(B2OC(C)(C)C(C)(C)O2)c1. The summed E-state index contributed by atoms with van der Waals surface area (Å²) in [4.78, 5) is 0. The van der Waals surface area contributed by atoms with E-state index in [1.165, 1.54) is 28.4 Å². The van der Waals surface area contributed by atoms with Gasteiger partial charge in [0.05, 0.1) is 17.8 Å². The van der Waals surface area contributed by atoms with Crippen LogP contribution in [0.3, 0.4) is 0 Å². The lowest BCUT2D eigenvalue weighted by molar-refractivity contribution is 0.00578. The molecule has 0 aliphatic carbocycles. The maximum atomic E-state index is 6.16. The van der Waals surface area contributed by atoms with Gasteiger partial charge in [0.1, 0.15) is 0 Å². The maximum absolute atomic E-state index is 6.16. The first-order chi connectivity index (χ1) is 11.2. The van der Waals surface area contributed by atoms with Crippen molar-refractivity contribution in [3.63, 3.8) is 0 Å². The lowest BCUT2D eigenvalue weighted by Crippen LogP contribution is -2.41. The van der Waals surface area contributed by atoms with Crippen LogP contribution in [0.1, 0.15) is 65.9 Å². The Hall–Kier alpha value is -0.105. The average Bonchev–Trinajstić information content (AvgIpc) is 2.71. The molecule has 1 aromatic rings. The van der Waals surface area contributed by atoms with Crippen LogP contribution in [0, 0.1) is 3.57 Å². The van der Waals surface area contributed by atoms with Crippen LogP contribution in [0.2, 0.25) is 0 Å². The van der Waals surface area contributed by atoms with Crippen LogP contribution in [-0.4, -0.2) is 24.9 Å². The molecule has 0 unspecified atom stereocenters. The van der Waals surface area contributed by atoms with E-state index in [4.69, 9.17) is 14.0 Å². The minimum atomic E-state index is -0.312. The van der Waals surface area contributed by atoms with E-state index in [2.05, 4.69) is 75.4 Å². The van der Waals surface area contributed by atoms with Crippen LogP contribution in [0.5, 0.6) is 0 Å². The molecular weight excluding hydrogens is 414 g/mol. The van der Waals surface area contributed by atoms with E-state index in [0.29, 0.717) is 6.61 Å². The molecule has 0 N–H and O–H groups in total. The van der Waals surface area contributed by atoms with Gasteiger partial charge in [0.25, 0.3) is 0 Å². The van der Waals surface area contributed by atoms with Gasteiger partial charge in [0.15, 0.2) is 0 Å². The van der Waals surface area contributed by atoms with Gasteiger partial charge in [-0.2, -0.15) is 0 Å². The van der Waals surface area contributed by atoms with Crippen molar-refractivity contribution in [2.24, 2.45) is 0 Å². The fraction of sp³-hybridized carbons (Fsp3) is 0.684.